The Kier molecular flexibility index (Phi) is 8.19. The minimum absolute atomic E-state index is 0.0766. The number of amides is 2. The van der Waals surface area contributed by atoms with Crippen LogP contribution in [0.3, 0.4) is 0 Å². The van der Waals surface area contributed by atoms with E-state index in [2.05, 4.69) is 18.2 Å². The van der Waals surface area contributed by atoms with Gasteiger partial charge in [-0.2, -0.15) is 0 Å². The SMILES string of the molecule is COc1cc2c(cc1OCCCOc1cc3c(cc1C)C(=O)N1Cc4ccccc4CC1C(O)N3C)N=CC1Cc3ccccc3CN1C2=O. The van der Waals surface area contributed by atoms with Crippen LogP contribution >= 0.6 is 0 Å². The van der Waals surface area contributed by atoms with E-state index in [0.29, 0.717) is 78.9 Å². The molecule has 0 aliphatic carbocycles. The summed E-state index contributed by atoms with van der Waals surface area (Å²) in [6.45, 7) is 3.64. The molecule has 0 fully saturated rings. The van der Waals surface area contributed by atoms with E-state index in [1.807, 2.05) is 67.6 Å². The van der Waals surface area contributed by atoms with E-state index in [1.165, 1.54) is 5.56 Å². The molecule has 0 spiro atoms. The summed E-state index contributed by atoms with van der Waals surface area (Å²) >= 11 is 0. The van der Waals surface area contributed by atoms with Gasteiger partial charge in [-0.25, -0.2) is 0 Å². The van der Waals surface area contributed by atoms with Crippen molar-refractivity contribution < 1.29 is 28.9 Å². The summed E-state index contributed by atoms with van der Waals surface area (Å²) in [6.07, 6.45) is 2.88. The van der Waals surface area contributed by atoms with Crippen molar-refractivity contribution in [3.05, 3.63) is 112 Å². The van der Waals surface area contributed by atoms with E-state index in [-0.39, 0.29) is 23.9 Å². The number of methoxy groups -OCH3 is 1. The van der Waals surface area contributed by atoms with E-state index in [0.717, 1.165) is 28.7 Å². The van der Waals surface area contributed by atoms with Crippen LogP contribution in [0.25, 0.3) is 0 Å². The molecule has 2 amide bonds. The third-order valence-corrected chi connectivity index (χ3v) is 10.4. The van der Waals surface area contributed by atoms with Crippen LogP contribution in [0.5, 0.6) is 17.2 Å². The Balaban J connectivity index is 0.936. The first-order chi connectivity index (χ1) is 24.3. The molecule has 0 bridgehead atoms. The lowest BCUT2D eigenvalue weighted by Crippen LogP contribution is -2.53. The average Bonchev–Trinajstić information content (AvgIpc) is 3.31. The number of aryl methyl sites for hydroxylation is 1. The third kappa shape index (κ3) is 5.53. The Bertz CT molecular complexity index is 2030. The fourth-order valence-electron chi connectivity index (χ4n) is 7.63. The predicted molar refractivity (Wildman–Crippen MR) is 190 cm³/mol. The zero-order valence-electron chi connectivity index (χ0n) is 28.5. The number of hydrogen-bond donors (Lipinski definition) is 1. The van der Waals surface area contributed by atoms with E-state index >= 15 is 0 Å². The highest BCUT2D eigenvalue weighted by molar-refractivity contribution is 6.04. The fourth-order valence-corrected chi connectivity index (χ4v) is 7.63. The van der Waals surface area contributed by atoms with Crippen LogP contribution in [0.4, 0.5) is 11.4 Å². The highest BCUT2D eigenvalue weighted by Gasteiger charge is 2.41. The molecule has 4 heterocycles. The van der Waals surface area contributed by atoms with E-state index in [4.69, 9.17) is 19.2 Å². The van der Waals surface area contributed by atoms with Crippen molar-refractivity contribution in [1.82, 2.24) is 9.80 Å². The number of carbonyl (C=O) groups is 2. The highest BCUT2D eigenvalue weighted by atomic mass is 16.5. The number of rotatable bonds is 7. The van der Waals surface area contributed by atoms with Gasteiger partial charge in [0.15, 0.2) is 11.5 Å². The van der Waals surface area contributed by atoms with E-state index < -0.39 is 6.23 Å². The molecule has 0 aromatic heterocycles. The van der Waals surface area contributed by atoms with Crippen molar-refractivity contribution in [3.8, 4) is 17.2 Å². The van der Waals surface area contributed by atoms with Gasteiger partial charge in [0.2, 0.25) is 0 Å². The molecule has 10 heteroatoms. The topological polar surface area (TPSA) is 104 Å². The minimum Gasteiger partial charge on any atom is -0.493 e. The maximum absolute atomic E-state index is 13.9. The second kappa shape index (κ2) is 12.8. The van der Waals surface area contributed by atoms with Gasteiger partial charge in [-0.1, -0.05) is 48.5 Å². The van der Waals surface area contributed by atoms with Crippen molar-refractivity contribution in [2.24, 2.45) is 4.99 Å². The van der Waals surface area contributed by atoms with Crippen molar-refractivity contribution in [3.63, 3.8) is 0 Å². The number of carbonyl (C=O) groups excluding carboxylic acids is 2. The van der Waals surface area contributed by atoms with Crippen LogP contribution in [-0.4, -0.2) is 78.6 Å². The first kappa shape index (κ1) is 31.9. The Morgan fingerprint density at radius 3 is 2.14 bits per heavy atom. The number of anilines is 1. The Morgan fingerprint density at radius 2 is 1.42 bits per heavy atom. The minimum atomic E-state index is -0.870. The molecule has 1 N–H and O–H groups in total. The lowest BCUT2D eigenvalue weighted by molar-refractivity contribution is 0.0326. The number of nitrogens with zero attached hydrogens (tertiary/aromatic N) is 4. The van der Waals surface area contributed by atoms with Crippen LogP contribution in [0.2, 0.25) is 0 Å². The van der Waals surface area contributed by atoms with Crippen LogP contribution in [0, 0.1) is 6.92 Å². The van der Waals surface area contributed by atoms with Gasteiger partial charge in [-0.3, -0.25) is 14.6 Å². The summed E-state index contributed by atoms with van der Waals surface area (Å²) in [5, 5.41) is 11.4. The summed E-state index contributed by atoms with van der Waals surface area (Å²) in [5.74, 6) is 1.46. The monoisotopic (exact) mass is 672 g/mol. The van der Waals surface area contributed by atoms with Crippen LogP contribution in [0.15, 0.2) is 77.8 Å². The van der Waals surface area contributed by atoms with Gasteiger partial charge >= 0.3 is 0 Å². The summed E-state index contributed by atoms with van der Waals surface area (Å²) in [4.78, 5) is 37.7. The molecule has 256 valence electrons. The average molecular weight is 673 g/mol. The molecule has 3 atom stereocenters. The maximum Gasteiger partial charge on any atom is 0.257 e. The first-order valence-corrected chi connectivity index (χ1v) is 17.1. The summed E-state index contributed by atoms with van der Waals surface area (Å²) in [5.41, 5.74) is 7.75. The molecule has 0 radical (unpaired) electrons. The number of aliphatic imine (C=N–C) groups is 1. The van der Waals surface area contributed by atoms with Crippen molar-refractivity contribution >= 4 is 29.4 Å². The van der Waals surface area contributed by atoms with Crippen LogP contribution in [0.1, 0.15) is 55.0 Å². The molecule has 4 aromatic carbocycles. The summed E-state index contributed by atoms with van der Waals surface area (Å²) in [7, 11) is 3.39. The van der Waals surface area contributed by atoms with Crippen molar-refractivity contribution in [2.75, 3.05) is 32.3 Å². The fraction of sp³-hybridized carbons (Fsp3) is 0.325. The lowest BCUT2D eigenvalue weighted by Gasteiger charge is -2.39. The van der Waals surface area contributed by atoms with Crippen molar-refractivity contribution in [1.29, 1.82) is 0 Å². The molecule has 4 aromatic rings. The van der Waals surface area contributed by atoms with Gasteiger partial charge in [-0.15, -0.1) is 0 Å². The number of aliphatic hydroxyl groups excluding tert-OH is 1. The summed E-state index contributed by atoms with van der Waals surface area (Å²) < 4.78 is 18.0. The second-order valence-electron chi connectivity index (χ2n) is 13.5. The molecular formula is C40H40N4O6. The third-order valence-electron chi connectivity index (χ3n) is 10.4. The van der Waals surface area contributed by atoms with Crippen molar-refractivity contribution in [2.45, 2.75) is 57.6 Å². The van der Waals surface area contributed by atoms with Gasteiger partial charge in [0, 0.05) is 44.9 Å². The normalized spacial score (nSPS) is 20.4. The van der Waals surface area contributed by atoms with Gasteiger partial charge < -0.3 is 34.0 Å². The molecule has 3 unspecified atom stereocenters. The molecule has 4 aliphatic heterocycles. The smallest absolute Gasteiger partial charge is 0.257 e. The predicted octanol–water partition coefficient (Wildman–Crippen LogP) is 5.47. The summed E-state index contributed by atoms with van der Waals surface area (Å²) in [6, 6.07) is 23.1. The second-order valence-corrected chi connectivity index (χ2v) is 13.5. The van der Waals surface area contributed by atoms with Gasteiger partial charge in [0.1, 0.15) is 12.0 Å². The van der Waals surface area contributed by atoms with E-state index in [9.17, 15) is 14.7 Å². The number of hydrogen-bond acceptors (Lipinski definition) is 8. The number of fused-ring (bicyclic) bond motifs is 6. The molecule has 8 rings (SSSR count). The Labute approximate surface area is 291 Å². The standard InChI is InChI=1S/C40H40N4O6/c1-24-15-31-33(42(2)40(47)34-17-26-10-5-7-12-28(26)23-44(34)39(31)46)20-35(24)49-13-8-14-50-37-19-32-30(18-36(37)48-3)38(45)43-22-27-11-6-4-9-25(27)16-29(43)21-41-32/h4-7,9-12,15,18-21,29,34,40,47H,8,13-14,16-17,22-23H2,1-3H3. The number of benzene rings is 4. The Morgan fingerprint density at radius 1 is 0.780 bits per heavy atom. The molecule has 10 nitrogen and oxygen atoms in total. The Hall–Kier alpha value is -5.35. The van der Waals surface area contributed by atoms with Gasteiger partial charge in [-0.05, 0) is 59.7 Å². The lowest BCUT2D eigenvalue weighted by atomic mass is 9.93. The van der Waals surface area contributed by atoms with Crippen LogP contribution < -0.4 is 19.1 Å². The zero-order valence-corrected chi connectivity index (χ0v) is 28.5. The molecule has 0 saturated carbocycles. The number of ether oxygens (including phenoxy) is 3. The highest BCUT2D eigenvalue weighted by Crippen LogP contribution is 2.40. The molecule has 4 aliphatic rings. The largest absolute Gasteiger partial charge is 0.493 e. The van der Waals surface area contributed by atoms with Gasteiger partial charge in [0.25, 0.3) is 11.8 Å². The molecular weight excluding hydrogens is 632 g/mol. The number of aliphatic hydroxyl groups is 1. The quantitative estimate of drug-likeness (QED) is 0.260. The van der Waals surface area contributed by atoms with Crippen LogP contribution in [-0.2, 0) is 25.9 Å². The molecule has 0 saturated heterocycles. The van der Waals surface area contributed by atoms with E-state index in [1.54, 1.807) is 29.0 Å². The molecule has 50 heavy (non-hydrogen) atoms. The zero-order chi connectivity index (χ0) is 34.5. The van der Waals surface area contributed by atoms with Gasteiger partial charge in [0.05, 0.1) is 54.9 Å². The first-order valence-electron chi connectivity index (χ1n) is 17.1. The maximum atomic E-state index is 13.9. The number of likely N-dealkylation sites (N-methyl/N-ethyl adjacent to an activating group) is 1.